The highest BCUT2D eigenvalue weighted by Crippen LogP contribution is 2.44. The number of rotatable bonds is 6. The second kappa shape index (κ2) is 10.1. The number of aryl methyl sites for hydroxylation is 2. The van der Waals surface area contributed by atoms with Crippen LogP contribution in [0.2, 0.25) is 0 Å². The lowest BCUT2D eigenvalue weighted by molar-refractivity contribution is 0.0530. The largest absolute Gasteiger partial charge is 0.381 e. The zero-order chi connectivity index (χ0) is 23.7. The topological polar surface area (TPSA) is 62.0 Å². The number of nitrogens with zero attached hydrogens (tertiary/aromatic N) is 7. The molecule has 2 atom stereocenters. The molecule has 4 heterocycles. The van der Waals surface area contributed by atoms with Crippen LogP contribution in [0.25, 0.3) is 11.3 Å². The number of aromatic nitrogens is 3. The molecular weight excluding hydrogens is 426 g/mol. The Kier molecular flexibility index (Phi) is 6.99. The summed E-state index contributed by atoms with van der Waals surface area (Å²) in [7, 11) is 6.35. The van der Waals surface area contributed by atoms with Crippen LogP contribution in [0, 0.1) is 18.8 Å². The van der Waals surface area contributed by atoms with Crippen molar-refractivity contribution in [2.45, 2.75) is 25.7 Å². The lowest BCUT2D eigenvalue weighted by Gasteiger charge is -2.38. The number of hydrazone groups is 1. The lowest BCUT2D eigenvalue weighted by Crippen LogP contribution is -2.47. The molecule has 8 nitrogen and oxygen atoms in total. The molecule has 2 aromatic rings. The summed E-state index contributed by atoms with van der Waals surface area (Å²) >= 11 is 0. The van der Waals surface area contributed by atoms with Gasteiger partial charge >= 0.3 is 0 Å². The Balaban J connectivity index is 1.52. The second-order valence-corrected chi connectivity index (χ2v) is 10.3. The van der Waals surface area contributed by atoms with E-state index in [4.69, 9.17) is 9.84 Å². The van der Waals surface area contributed by atoms with Crippen molar-refractivity contribution in [1.29, 1.82) is 0 Å². The zero-order valence-electron chi connectivity index (χ0n) is 21.2. The third-order valence-electron chi connectivity index (χ3n) is 7.95. The molecule has 2 fully saturated rings. The first kappa shape index (κ1) is 23.5. The van der Waals surface area contributed by atoms with Gasteiger partial charge in [-0.2, -0.15) is 5.10 Å². The Bertz CT molecular complexity index is 985. The third-order valence-corrected chi connectivity index (χ3v) is 7.95. The van der Waals surface area contributed by atoms with Gasteiger partial charge in [-0.05, 0) is 44.2 Å². The standard InChI is InChI=1S/C26H39N7O/c1-19-26(32(4)29-27-19)22-8-6-5-7-21(22)25(20-9-15-34-16-10-20)23-17-31(3)28-24(23)18-33-13-11-30(2)12-14-33/h5-8,20,23,25H,9-18H2,1-4H3. The zero-order valence-corrected chi connectivity index (χ0v) is 21.2. The predicted molar refractivity (Wildman–Crippen MR) is 135 cm³/mol. The van der Waals surface area contributed by atoms with Crippen molar-refractivity contribution in [1.82, 2.24) is 29.8 Å². The van der Waals surface area contributed by atoms with E-state index in [2.05, 4.69) is 70.4 Å². The Morgan fingerprint density at radius 1 is 1.03 bits per heavy atom. The molecule has 34 heavy (non-hydrogen) atoms. The second-order valence-electron chi connectivity index (χ2n) is 10.3. The van der Waals surface area contributed by atoms with Gasteiger partial charge in [0.05, 0.1) is 17.1 Å². The molecule has 0 saturated carbocycles. The van der Waals surface area contributed by atoms with Crippen LogP contribution in [0.5, 0.6) is 0 Å². The molecule has 5 rings (SSSR count). The van der Waals surface area contributed by atoms with E-state index in [1.165, 1.54) is 16.8 Å². The van der Waals surface area contributed by atoms with Crippen LogP contribution in [0.1, 0.15) is 30.0 Å². The number of benzene rings is 1. The van der Waals surface area contributed by atoms with Crippen LogP contribution < -0.4 is 0 Å². The number of ether oxygens (including phenoxy) is 1. The quantitative estimate of drug-likeness (QED) is 0.653. The van der Waals surface area contributed by atoms with Gasteiger partial charge in [0, 0.05) is 78.1 Å². The van der Waals surface area contributed by atoms with Crippen molar-refractivity contribution in [3.63, 3.8) is 0 Å². The summed E-state index contributed by atoms with van der Waals surface area (Å²) in [5.41, 5.74) is 6.12. The Morgan fingerprint density at radius 3 is 2.47 bits per heavy atom. The van der Waals surface area contributed by atoms with Crippen molar-refractivity contribution < 1.29 is 4.74 Å². The van der Waals surface area contributed by atoms with Gasteiger partial charge in [0.1, 0.15) is 0 Å². The molecule has 0 spiro atoms. The van der Waals surface area contributed by atoms with Gasteiger partial charge in [-0.3, -0.25) is 9.91 Å². The molecule has 3 aliphatic heterocycles. The van der Waals surface area contributed by atoms with E-state index in [0.29, 0.717) is 17.8 Å². The normalized spacial score (nSPS) is 23.9. The summed E-state index contributed by atoms with van der Waals surface area (Å²) in [6, 6.07) is 8.93. The maximum Gasteiger partial charge on any atom is 0.0914 e. The monoisotopic (exact) mass is 465 g/mol. The van der Waals surface area contributed by atoms with E-state index < -0.39 is 0 Å². The van der Waals surface area contributed by atoms with Crippen molar-refractivity contribution in [3.05, 3.63) is 35.5 Å². The van der Waals surface area contributed by atoms with Crippen LogP contribution in [0.3, 0.4) is 0 Å². The maximum atomic E-state index is 5.79. The minimum atomic E-state index is 0.394. The number of piperazine rings is 1. The van der Waals surface area contributed by atoms with Gasteiger partial charge in [0.25, 0.3) is 0 Å². The van der Waals surface area contributed by atoms with Crippen molar-refractivity contribution in [2.75, 3.05) is 66.6 Å². The number of hydrogen-bond donors (Lipinski definition) is 0. The number of likely N-dealkylation sites (N-methyl/N-ethyl adjacent to an activating group) is 1. The molecule has 0 aliphatic carbocycles. The molecule has 184 valence electrons. The first-order valence-electron chi connectivity index (χ1n) is 12.7. The fourth-order valence-corrected chi connectivity index (χ4v) is 6.14. The molecule has 1 aromatic carbocycles. The molecule has 2 saturated heterocycles. The summed E-state index contributed by atoms with van der Waals surface area (Å²) in [6.45, 7) is 10.2. The van der Waals surface area contributed by atoms with Gasteiger partial charge in [-0.15, -0.1) is 5.10 Å². The van der Waals surface area contributed by atoms with Gasteiger partial charge < -0.3 is 9.64 Å². The average molecular weight is 466 g/mol. The number of hydrogen-bond acceptors (Lipinski definition) is 7. The van der Waals surface area contributed by atoms with Crippen molar-refractivity contribution in [3.8, 4) is 11.3 Å². The van der Waals surface area contributed by atoms with Crippen LogP contribution >= 0.6 is 0 Å². The Morgan fingerprint density at radius 2 is 1.76 bits per heavy atom. The summed E-state index contributed by atoms with van der Waals surface area (Å²) in [5.74, 6) is 1.37. The van der Waals surface area contributed by atoms with Crippen molar-refractivity contribution >= 4 is 5.71 Å². The van der Waals surface area contributed by atoms with Gasteiger partial charge in [0.15, 0.2) is 0 Å². The molecule has 1 aromatic heterocycles. The highest BCUT2D eigenvalue weighted by Gasteiger charge is 2.40. The minimum absolute atomic E-state index is 0.394. The van der Waals surface area contributed by atoms with E-state index in [1.807, 2.05) is 11.7 Å². The summed E-state index contributed by atoms with van der Waals surface area (Å²) in [4.78, 5) is 5.01. The third kappa shape index (κ3) is 4.76. The van der Waals surface area contributed by atoms with Crippen LogP contribution in [0.15, 0.2) is 29.4 Å². The smallest absolute Gasteiger partial charge is 0.0914 e. The fraction of sp³-hybridized carbons (Fsp3) is 0.654. The summed E-state index contributed by atoms with van der Waals surface area (Å²) in [5, 5.41) is 15.9. The molecule has 0 N–H and O–H groups in total. The molecule has 0 amide bonds. The highest BCUT2D eigenvalue weighted by molar-refractivity contribution is 5.91. The Hall–Kier alpha value is -2.29. The van der Waals surface area contributed by atoms with Crippen LogP contribution in [-0.2, 0) is 11.8 Å². The lowest BCUT2D eigenvalue weighted by atomic mass is 9.70. The first-order valence-corrected chi connectivity index (χ1v) is 12.7. The minimum Gasteiger partial charge on any atom is -0.381 e. The summed E-state index contributed by atoms with van der Waals surface area (Å²) < 4.78 is 7.72. The van der Waals surface area contributed by atoms with E-state index >= 15 is 0 Å². The maximum absolute atomic E-state index is 5.79. The van der Waals surface area contributed by atoms with Gasteiger partial charge in [-0.25, -0.2) is 4.68 Å². The van der Waals surface area contributed by atoms with Crippen LogP contribution in [0.4, 0.5) is 0 Å². The summed E-state index contributed by atoms with van der Waals surface area (Å²) in [6.07, 6.45) is 2.20. The molecule has 0 bridgehead atoms. The average Bonchev–Trinajstić information content (AvgIpc) is 3.37. The highest BCUT2D eigenvalue weighted by atomic mass is 16.5. The van der Waals surface area contributed by atoms with Gasteiger partial charge in [0.2, 0.25) is 0 Å². The van der Waals surface area contributed by atoms with E-state index in [1.54, 1.807) is 0 Å². The molecule has 3 aliphatic rings. The van der Waals surface area contributed by atoms with Crippen molar-refractivity contribution in [2.24, 2.45) is 24.0 Å². The van der Waals surface area contributed by atoms with Gasteiger partial charge in [-0.1, -0.05) is 29.5 Å². The van der Waals surface area contributed by atoms with E-state index in [9.17, 15) is 0 Å². The molecular formula is C26H39N7O. The molecule has 8 heteroatoms. The Labute approximate surface area is 203 Å². The van der Waals surface area contributed by atoms with E-state index in [-0.39, 0.29) is 0 Å². The first-order chi connectivity index (χ1) is 16.5. The van der Waals surface area contributed by atoms with E-state index in [0.717, 1.165) is 76.7 Å². The fourth-order valence-electron chi connectivity index (χ4n) is 6.14. The van der Waals surface area contributed by atoms with Crippen LogP contribution in [-0.4, -0.2) is 102 Å². The molecule has 2 unspecified atom stereocenters. The predicted octanol–water partition coefficient (Wildman–Crippen LogP) is 2.47. The molecule has 0 radical (unpaired) electrons. The SMILES string of the molecule is Cc1nnn(C)c1-c1ccccc1C(C1CCOCC1)C1CN(C)N=C1CN1CCN(C)CC1.